The summed E-state index contributed by atoms with van der Waals surface area (Å²) in [6.45, 7) is 0. The summed E-state index contributed by atoms with van der Waals surface area (Å²) in [5.41, 5.74) is 6.35. The molecule has 0 spiro atoms. The summed E-state index contributed by atoms with van der Waals surface area (Å²) >= 11 is 0. The largest absolute Gasteiger partial charge is 0.329 e. The second-order valence-electron chi connectivity index (χ2n) is 8.76. The maximum absolute atomic E-state index is 5.18. The van der Waals surface area contributed by atoms with Crippen LogP contribution >= 0.6 is 0 Å². The van der Waals surface area contributed by atoms with Gasteiger partial charge >= 0.3 is 0 Å². The van der Waals surface area contributed by atoms with Crippen LogP contribution in [0.1, 0.15) is 101 Å². The predicted octanol–water partition coefficient (Wildman–Crippen LogP) is 5.92. The Labute approximate surface area is 152 Å². The monoisotopic (exact) mass is 339 g/mol. The molecule has 5 rings (SSSR count). The first-order chi connectivity index (χ1) is 12.4. The second-order valence-corrected chi connectivity index (χ2v) is 8.76. The van der Waals surface area contributed by atoms with Crippen molar-refractivity contribution in [3.8, 4) is 0 Å². The van der Waals surface area contributed by atoms with Crippen LogP contribution < -0.4 is 5.32 Å². The highest BCUT2D eigenvalue weighted by Crippen LogP contribution is 2.47. The van der Waals surface area contributed by atoms with Crippen molar-refractivity contribution < 1.29 is 0 Å². The van der Waals surface area contributed by atoms with Gasteiger partial charge < -0.3 is 9.88 Å². The van der Waals surface area contributed by atoms with Gasteiger partial charge in [-0.05, 0) is 69.8 Å². The summed E-state index contributed by atoms with van der Waals surface area (Å²) in [5, 5.41) is 3.87. The average Bonchev–Trinajstić information content (AvgIpc) is 2.77. The standard InChI is InChI=1S/C22H33N3/c1-2-6-15-21-19(13-5-1)24-22-23-18-12-9-8-10-16(18)17-11-4-3-7-14-20(17)25(21)22/h17,20H,1-15H2,(H,23,24). The quantitative estimate of drug-likeness (QED) is 0.636. The average molecular weight is 340 g/mol. The number of allylic oxidation sites excluding steroid dienone is 2. The Balaban J connectivity index is 1.63. The predicted molar refractivity (Wildman–Crippen MR) is 103 cm³/mol. The first-order valence-corrected chi connectivity index (χ1v) is 11.0. The molecule has 1 aromatic heterocycles. The van der Waals surface area contributed by atoms with E-state index in [0.717, 1.165) is 5.92 Å². The van der Waals surface area contributed by atoms with Gasteiger partial charge in [-0.2, -0.15) is 0 Å². The van der Waals surface area contributed by atoms with E-state index in [4.69, 9.17) is 4.98 Å². The highest BCUT2D eigenvalue weighted by Gasteiger charge is 2.36. The highest BCUT2D eigenvalue weighted by molar-refractivity contribution is 5.46. The molecule has 0 bridgehead atoms. The van der Waals surface area contributed by atoms with Crippen LogP contribution in [-0.2, 0) is 12.8 Å². The summed E-state index contributed by atoms with van der Waals surface area (Å²) in [4.78, 5) is 5.18. The minimum absolute atomic E-state index is 0.672. The summed E-state index contributed by atoms with van der Waals surface area (Å²) < 4.78 is 2.72. The normalized spacial score (nSPS) is 29.8. The number of imidazole rings is 1. The van der Waals surface area contributed by atoms with Gasteiger partial charge in [-0.3, -0.25) is 0 Å². The number of aromatic nitrogens is 2. The van der Waals surface area contributed by atoms with Gasteiger partial charge in [0.15, 0.2) is 0 Å². The Hall–Kier alpha value is -1.25. The number of nitrogens with one attached hydrogen (secondary N) is 1. The summed E-state index contributed by atoms with van der Waals surface area (Å²) in [7, 11) is 0. The van der Waals surface area contributed by atoms with Crippen molar-refractivity contribution in [2.75, 3.05) is 5.32 Å². The number of nitrogens with zero attached hydrogens (tertiary/aromatic N) is 2. The highest BCUT2D eigenvalue weighted by atomic mass is 15.2. The SMILES string of the molecule is C1CCCc2c(nc3n2C2CCCCCC2C2=C(CCCC2)N3)CC1. The van der Waals surface area contributed by atoms with Crippen molar-refractivity contribution in [2.45, 2.75) is 102 Å². The van der Waals surface area contributed by atoms with E-state index < -0.39 is 0 Å². The molecule has 4 aliphatic rings. The van der Waals surface area contributed by atoms with Crippen LogP contribution in [0, 0.1) is 5.92 Å². The van der Waals surface area contributed by atoms with Crippen molar-refractivity contribution in [2.24, 2.45) is 5.92 Å². The molecular formula is C22H33N3. The fourth-order valence-corrected chi connectivity index (χ4v) is 5.98. The van der Waals surface area contributed by atoms with Gasteiger partial charge in [0.2, 0.25) is 5.95 Å². The third-order valence-electron chi connectivity index (χ3n) is 7.20. The molecule has 2 unspecified atom stereocenters. The molecular weight excluding hydrogens is 306 g/mol. The lowest BCUT2D eigenvalue weighted by Crippen LogP contribution is -2.22. The number of rotatable bonds is 0. The van der Waals surface area contributed by atoms with Gasteiger partial charge in [-0.15, -0.1) is 0 Å². The molecule has 0 saturated heterocycles. The topological polar surface area (TPSA) is 29.9 Å². The van der Waals surface area contributed by atoms with Crippen molar-refractivity contribution in [1.82, 2.24) is 9.55 Å². The van der Waals surface area contributed by atoms with E-state index in [-0.39, 0.29) is 0 Å². The van der Waals surface area contributed by atoms with Crippen molar-refractivity contribution in [3.05, 3.63) is 22.7 Å². The van der Waals surface area contributed by atoms with E-state index >= 15 is 0 Å². The number of hydrogen-bond donors (Lipinski definition) is 1. The molecule has 3 aliphatic carbocycles. The van der Waals surface area contributed by atoms with E-state index in [0.29, 0.717) is 6.04 Å². The molecule has 0 amide bonds. The second kappa shape index (κ2) is 6.81. The van der Waals surface area contributed by atoms with Gasteiger partial charge in [-0.1, -0.05) is 32.1 Å². The molecule has 0 radical (unpaired) electrons. The Bertz CT molecular complexity index is 669. The minimum atomic E-state index is 0.672. The van der Waals surface area contributed by atoms with Crippen LogP contribution in [0.2, 0.25) is 0 Å². The first kappa shape index (κ1) is 16.0. The van der Waals surface area contributed by atoms with E-state index in [2.05, 4.69) is 9.88 Å². The summed E-state index contributed by atoms with van der Waals surface area (Å²) in [6, 6.07) is 0.672. The molecule has 1 aromatic rings. The molecule has 3 nitrogen and oxygen atoms in total. The van der Waals surface area contributed by atoms with Crippen LogP contribution in [-0.4, -0.2) is 9.55 Å². The Morgan fingerprint density at radius 1 is 0.760 bits per heavy atom. The fraction of sp³-hybridized carbons (Fsp3) is 0.773. The molecule has 2 heterocycles. The van der Waals surface area contributed by atoms with E-state index in [1.165, 1.54) is 108 Å². The van der Waals surface area contributed by atoms with Crippen molar-refractivity contribution in [3.63, 3.8) is 0 Å². The zero-order chi connectivity index (χ0) is 16.6. The van der Waals surface area contributed by atoms with Crippen LogP contribution in [0.4, 0.5) is 5.95 Å². The van der Waals surface area contributed by atoms with Gasteiger partial charge in [0.25, 0.3) is 0 Å². The van der Waals surface area contributed by atoms with Crippen LogP contribution in [0.3, 0.4) is 0 Å². The van der Waals surface area contributed by atoms with Gasteiger partial charge in [0, 0.05) is 23.4 Å². The number of anilines is 1. The lowest BCUT2D eigenvalue weighted by atomic mass is 9.80. The molecule has 25 heavy (non-hydrogen) atoms. The third-order valence-corrected chi connectivity index (χ3v) is 7.20. The van der Waals surface area contributed by atoms with Crippen LogP contribution in [0.5, 0.6) is 0 Å². The molecule has 1 saturated carbocycles. The van der Waals surface area contributed by atoms with E-state index in [9.17, 15) is 0 Å². The minimum Gasteiger partial charge on any atom is -0.329 e. The summed E-state index contributed by atoms with van der Waals surface area (Å²) in [5.74, 6) is 1.98. The van der Waals surface area contributed by atoms with Gasteiger partial charge in [0.1, 0.15) is 0 Å². The number of aryl methyl sites for hydroxylation is 1. The molecule has 2 atom stereocenters. The maximum Gasteiger partial charge on any atom is 0.207 e. The number of hydrogen-bond acceptors (Lipinski definition) is 2. The zero-order valence-electron chi connectivity index (χ0n) is 15.7. The molecule has 1 aliphatic heterocycles. The lowest BCUT2D eigenvalue weighted by Gasteiger charge is -2.31. The molecule has 1 N–H and O–H groups in total. The van der Waals surface area contributed by atoms with Gasteiger partial charge in [-0.25, -0.2) is 4.98 Å². The maximum atomic E-state index is 5.18. The Morgan fingerprint density at radius 2 is 1.52 bits per heavy atom. The van der Waals surface area contributed by atoms with Crippen molar-refractivity contribution in [1.29, 1.82) is 0 Å². The smallest absolute Gasteiger partial charge is 0.207 e. The lowest BCUT2D eigenvalue weighted by molar-refractivity contribution is 0.337. The van der Waals surface area contributed by atoms with Gasteiger partial charge in [0.05, 0.1) is 5.69 Å². The first-order valence-electron chi connectivity index (χ1n) is 11.0. The van der Waals surface area contributed by atoms with Crippen molar-refractivity contribution >= 4 is 5.95 Å². The third kappa shape index (κ3) is 2.84. The molecule has 3 heteroatoms. The number of fused-ring (bicyclic) bond motifs is 6. The molecule has 136 valence electrons. The van der Waals surface area contributed by atoms with Crippen LogP contribution in [0.15, 0.2) is 11.3 Å². The molecule has 1 fully saturated rings. The Kier molecular flexibility index (Phi) is 4.35. The van der Waals surface area contributed by atoms with Crippen LogP contribution in [0.25, 0.3) is 0 Å². The molecule has 0 aromatic carbocycles. The summed E-state index contributed by atoms with van der Waals surface area (Å²) in [6.07, 6.45) is 20.2. The van der Waals surface area contributed by atoms with E-state index in [1.54, 1.807) is 17.0 Å². The van der Waals surface area contributed by atoms with E-state index in [1.807, 2.05) is 0 Å². The zero-order valence-corrected chi connectivity index (χ0v) is 15.7. The fourth-order valence-electron chi connectivity index (χ4n) is 5.98. The Morgan fingerprint density at radius 3 is 2.48 bits per heavy atom.